The second kappa shape index (κ2) is 11.1. The summed E-state index contributed by atoms with van der Waals surface area (Å²) in [7, 11) is 0.104. The molecule has 174 valence electrons. The Kier molecular flexibility index (Phi) is 8.73. The molecule has 1 atom stereocenters. The molecule has 8 nitrogen and oxygen atoms in total. The minimum Gasteiger partial charge on any atom is -0.357 e. The first-order chi connectivity index (χ1) is 15.1. The molecule has 0 heterocycles. The number of carbonyl (C=O) groups excluding carboxylic acids is 2. The zero-order valence-electron chi connectivity index (χ0n) is 18.7. The summed E-state index contributed by atoms with van der Waals surface area (Å²) >= 11 is 0. The zero-order valence-corrected chi connectivity index (χ0v) is 19.5. The third-order valence-electron chi connectivity index (χ3n) is 5.03. The van der Waals surface area contributed by atoms with Crippen LogP contribution in [0.5, 0.6) is 0 Å². The maximum atomic E-state index is 13.4. The van der Waals surface area contributed by atoms with Crippen LogP contribution in [0.2, 0.25) is 0 Å². The topological polar surface area (TPSA) is 90.0 Å². The first-order valence-electron chi connectivity index (χ1n) is 10.1. The molecule has 1 N–H and O–H groups in total. The van der Waals surface area contributed by atoms with Crippen LogP contribution in [0, 0.1) is 5.82 Å². The lowest BCUT2D eigenvalue weighted by atomic mass is 10.1. The molecule has 2 aromatic rings. The van der Waals surface area contributed by atoms with Gasteiger partial charge in [0, 0.05) is 27.7 Å². The molecule has 2 rings (SSSR count). The Balaban J connectivity index is 2.35. The van der Waals surface area contributed by atoms with Gasteiger partial charge in [-0.1, -0.05) is 30.3 Å². The van der Waals surface area contributed by atoms with E-state index in [0.717, 1.165) is 26.3 Å². The predicted molar refractivity (Wildman–Crippen MR) is 122 cm³/mol. The molecule has 2 amide bonds. The molecule has 1 unspecified atom stereocenters. The van der Waals surface area contributed by atoms with E-state index in [1.165, 1.54) is 38.2 Å². The Morgan fingerprint density at radius 1 is 1.03 bits per heavy atom. The normalized spacial score (nSPS) is 12.3. The number of rotatable bonds is 10. The van der Waals surface area contributed by atoms with Crippen LogP contribution in [0.1, 0.15) is 12.5 Å². The van der Waals surface area contributed by atoms with Crippen molar-refractivity contribution in [3.63, 3.8) is 0 Å². The summed E-state index contributed by atoms with van der Waals surface area (Å²) in [5, 5.41) is 2.52. The number of hydrogen-bond acceptors (Lipinski definition) is 4. The van der Waals surface area contributed by atoms with E-state index in [2.05, 4.69) is 5.32 Å². The number of benzene rings is 2. The van der Waals surface area contributed by atoms with E-state index in [4.69, 9.17) is 0 Å². The molecule has 10 heteroatoms. The quantitative estimate of drug-likeness (QED) is 0.579. The van der Waals surface area contributed by atoms with E-state index >= 15 is 0 Å². The molecular formula is C22H29FN4O4S. The molecule has 0 radical (unpaired) electrons. The SMILES string of the molecule is CNC(=O)C(C)N(CCc1ccccc1)C(=O)CN(c1ccc(F)cc1)S(=O)(=O)N(C)C. The van der Waals surface area contributed by atoms with Gasteiger partial charge in [-0.15, -0.1) is 0 Å². The van der Waals surface area contributed by atoms with Crippen molar-refractivity contribution >= 4 is 27.7 Å². The third kappa shape index (κ3) is 6.27. The fourth-order valence-electron chi connectivity index (χ4n) is 3.10. The van der Waals surface area contributed by atoms with Crippen molar-refractivity contribution in [3.05, 3.63) is 66.0 Å². The molecule has 0 saturated heterocycles. The van der Waals surface area contributed by atoms with E-state index in [9.17, 15) is 22.4 Å². The van der Waals surface area contributed by atoms with Crippen LogP contribution in [-0.4, -0.2) is 69.7 Å². The van der Waals surface area contributed by atoms with Crippen molar-refractivity contribution in [2.75, 3.05) is 38.5 Å². The van der Waals surface area contributed by atoms with Gasteiger partial charge in [-0.05, 0) is 43.2 Å². The summed E-state index contributed by atoms with van der Waals surface area (Å²) in [6.45, 7) is 1.27. The summed E-state index contributed by atoms with van der Waals surface area (Å²) in [6, 6.07) is 13.5. The van der Waals surface area contributed by atoms with Crippen molar-refractivity contribution in [2.45, 2.75) is 19.4 Å². The van der Waals surface area contributed by atoms with Gasteiger partial charge < -0.3 is 10.2 Å². The van der Waals surface area contributed by atoms with Crippen molar-refractivity contribution in [2.24, 2.45) is 0 Å². The van der Waals surface area contributed by atoms with Crippen molar-refractivity contribution in [3.8, 4) is 0 Å². The maximum absolute atomic E-state index is 13.4. The van der Waals surface area contributed by atoms with Crippen molar-refractivity contribution in [1.29, 1.82) is 0 Å². The fourth-order valence-corrected chi connectivity index (χ4v) is 4.16. The van der Waals surface area contributed by atoms with Crippen LogP contribution < -0.4 is 9.62 Å². The lowest BCUT2D eigenvalue weighted by Gasteiger charge is -2.32. The second-order valence-electron chi connectivity index (χ2n) is 7.39. The number of halogens is 1. The van der Waals surface area contributed by atoms with Gasteiger partial charge in [-0.3, -0.25) is 9.59 Å². The monoisotopic (exact) mass is 464 g/mol. The fraction of sp³-hybridized carbons (Fsp3) is 0.364. The molecule has 0 aromatic heterocycles. The summed E-state index contributed by atoms with van der Waals surface area (Å²) < 4.78 is 41.1. The Bertz CT molecular complexity index is 1010. The highest BCUT2D eigenvalue weighted by molar-refractivity contribution is 7.90. The van der Waals surface area contributed by atoms with Gasteiger partial charge in [0.25, 0.3) is 0 Å². The summed E-state index contributed by atoms with van der Waals surface area (Å²) in [5.41, 5.74) is 1.12. The van der Waals surface area contributed by atoms with Gasteiger partial charge in [-0.25, -0.2) is 8.70 Å². The van der Waals surface area contributed by atoms with Crippen LogP contribution in [0.25, 0.3) is 0 Å². The van der Waals surface area contributed by atoms with E-state index in [1.807, 2.05) is 30.3 Å². The molecule has 2 aromatic carbocycles. The standard InChI is InChI=1S/C22H29FN4O4S/c1-17(22(29)24-2)26(15-14-18-8-6-5-7-9-18)21(28)16-27(32(30,31)25(3)4)20-12-10-19(23)11-13-20/h5-13,17H,14-16H2,1-4H3,(H,24,29). The Labute approximate surface area is 188 Å². The average molecular weight is 465 g/mol. The Hall–Kier alpha value is -2.98. The molecule has 0 aliphatic carbocycles. The zero-order chi connectivity index (χ0) is 23.9. The second-order valence-corrected chi connectivity index (χ2v) is 9.45. The number of nitrogens with zero attached hydrogens (tertiary/aromatic N) is 3. The van der Waals surface area contributed by atoms with Crippen LogP contribution in [0.15, 0.2) is 54.6 Å². The lowest BCUT2D eigenvalue weighted by molar-refractivity contribution is -0.138. The summed E-state index contributed by atoms with van der Waals surface area (Å²) in [4.78, 5) is 26.9. The van der Waals surface area contributed by atoms with Crippen LogP contribution >= 0.6 is 0 Å². The number of hydrogen-bond donors (Lipinski definition) is 1. The smallest absolute Gasteiger partial charge is 0.304 e. The first kappa shape index (κ1) is 25.3. The van der Waals surface area contributed by atoms with E-state index in [0.29, 0.717) is 6.42 Å². The highest BCUT2D eigenvalue weighted by Gasteiger charge is 2.32. The first-order valence-corrected chi connectivity index (χ1v) is 11.5. The minimum atomic E-state index is -4.06. The summed E-state index contributed by atoms with van der Waals surface area (Å²) in [5.74, 6) is -1.44. The largest absolute Gasteiger partial charge is 0.357 e. The number of amides is 2. The van der Waals surface area contributed by atoms with E-state index in [-0.39, 0.29) is 18.1 Å². The van der Waals surface area contributed by atoms with E-state index < -0.39 is 34.5 Å². The van der Waals surface area contributed by atoms with Gasteiger partial charge in [0.2, 0.25) is 11.8 Å². The number of carbonyl (C=O) groups is 2. The predicted octanol–water partition coefficient (Wildman–Crippen LogP) is 1.64. The van der Waals surface area contributed by atoms with Crippen molar-refractivity contribution < 1.29 is 22.4 Å². The van der Waals surface area contributed by atoms with Gasteiger partial charge >= 0.3 is 10.2 Å². The van der Waals surface area contributed by atoms with Crippen LogP contribution in [0.3, 0.4) is 0 Å². The molecule has 0 aliphatic heterocycles. The third-order valence-corrected chi connectivity index (χ3v) is 6.85. The minimum absolute atomic E-state index is 0.143. The van der Waals surface area contributed by atoms with Crippen molar-refractivity contribution in [1.82, 2.24) is 14.5 Å². The van der Waals surface area contributed by atoms with Gasteiger partial charge in [0.05, 0.1) is 5.69 Å². The molecule has 0 bridgehead atoms. The molecular weight excluding hydrogens is 435 g/mol. The number of nitrogens with one attached hydrogen (secondary N) is 1. The van der Waals surface area contributed by atoms with E-state index in [1.54, 1.807) is 6.92 Å². The summed E-state index contributed by atoms with van der Waals surface area (Å²) in [6.07, 6.45) is 0.491. The molecule has 32 heavy (non-hydrogen) atoms. The highest BCUT2D eigenvalue weighted by atomic mass is 32.2. The molecule has 0 aliphatic rings. The van der Waals surface area contributed by atoms with Gasteiger partial charge in [-0.2, -0.15) is 12.7 Å². The Morgan fingerprint density at radius 3 is 2.16 bits per heavy atom. The molecule has 0 spiro atoms. The Morgan fingerprint density at radius 2 is 1.62 bits per heavy atom. The van der Waals surface area contributed by atoms with Crippen LogP contribution in [-0.2, 0) is 26.2 Å². The molecule has 0 fully saturated rings. The number of anilines is 1. The average Bonchev–Trinajstić information content (AvgIpc) is 2.78. The lowest BCUT2D eigenvalue weighted by Crippen LogP contribution is -2.53. The molecule has 0 saturated carbocycles. The maximum Gasteiger partial charge on any atom is 0.304 e. The van der Waals surface area contributed by atoms with Gasteiger partial charge in [0.15, 0.2) is 0 Å². The van der Waals surface area contributed by atoms with Crippen LogP contribution in [0.4, 0.5) is 10.1 Å². The van der Waals surface area contributed by atoms with Gasteiger partial charge in [0.1, 0.15) is 18.4 Å². The highest BCUT2D eigenvalue weighted by Crippen LogP contribution is 2.20. The number of likely N-dealkylation sites (N-methyl/N-ethyl adjacent to an activating group) is 1.